The molecular weight excluding hydrogens is 463 g/mol. The fourth-order valence-corrected chi connectivity index (χ4v) is 3.67. The minimum absolute atomic E-state index is 0.316. The van der Waals surface area contributed by atoms with Crippen LogP contribution in [-0.4, -0.2) is 55.3 Å². The number of halogens is 2. The van der Waals surface area contributed by atoms with Gasteiger partial charge < -0.3 is 14.8 Å². The largest absolute Gasteiger partial charge is 0.468 e. The number of amides is 1. The number of esters is 1. The zero-order valence-electron chi connectivity index (χ0n) is 19.7. The van der Waals surface area contributed by atoms with Gasteiger partial charge in [-0.2, -0.15) is 0 Å². The van der Waals surface area contributed by atoms with Crippen LogP contribution in [0, 0.1) is 0 Å². The van der Waals surface area contributed by atoms with Crippen LogP contribution >= 0.6 is 23.2 Å². The highest BCUT2D eigenvalue weighted by atomic mass is 35.5. The number of ether oxygens (including phenoxy) is 2. The molecule has 180 valence electrons. The van der Waals surface area contributed by atoms with Crippen molar-refractivity contribution in [3.05, 3.63) is 69.7 Å². The Morgan fingerprint density at radius 2 is 1.42 bits per heavy atom. The first kappa shape index (κ1) is 27.0. The van der Waals surface area contributed by atoms with Gasteiger partial charge in [-0.25, -0.2) is 4.79 Å². The van der Waals surface area contributed by atoms with E-state index < -0.39 is 17.7 Å². The molecule has 2 aromatic rings. The third-order valence-electron chi connectivity index (χ3n) is 4.97. The maximum atomic E-state index is 12.6. The lowest BCUT2D eigenvalue weighted by Crippen LogP contribution is -2.50. The molecule has 0 aliphatic carbocycles. The van der Waals surface area contributed by atoms with Gasteiger partial charge in [-0.3, -0.25) is 9.69 Å². The van der Waals surface area contributed by atoms with Gasteiger partial charge in [0.05, 0.1) is 7.11 Å². The first-order valence-corrected chi connectivity index (χ1v) is 11.5. The molecule has 1 N–H and O–H groups in total. The molecule has 1 unspecified atom stereocenters. The van der Waals surface area contributed by atoms with E-state index in [9.17, 15) is 9.59 Å². The molecule has 0 bridgehead atoms. The number of hydrogen-bond donors (Lipinski definition) is 1. The summed E-state index contributed by atoms with van der Waals surface area (Å²) in [5, 5.41) is 4.22. The number of nitrogens with one attached hydrogen (secondary N) is 1. The molecule has 0 radical (unpaired) electrons. The van der Waals surface area contributed by atoms with Crippen molar-refractivity contribution < 1.29 is 19.1 Å². The predicted molar refractivity (Wildman–Crippen MR) is 132 cm³/mol. The summed E-state index contributed by atoms with van der Waals surface area (Å²) in [6.45, 7) is 5.83. The number of hydrogen-bond acceptors (Lipinski definition) is 5. The van der Waals surface area contributed by atoms with Crippen LogP contribution in [0.2, 0.25) is 10.0 Å². The molecule has 1 amide bonds. The van der Waals surface area contributed by atoms with Gasteiger partial charge in [0.1, 0.15) is 11.6 Å². The molecule has 0 aromatic heterocycles. The van der Waals surface area contributed by atoms with E-state index in [1.807, 2.05) is 69.1 Å². The van der Waals surface area contributed by atoms with E-state index in [0.29, 0.717) is 29.4 Å². The number of carbonyl (C=O) groups excluding carboxylic acids is 2. The third-order valence-corrected chi connectivity index (χ3v) is 5.48. The van der Waals surface area contributed by atoms with Crippen LogP contribution in [0.5, 0.6) is 0 Å². The van der Waals surface area contributed by atoms with Crippen molar-refractivity contribution in [3.63, 3.8) is 0 Å². The molecule has 0 heterocycles. The summed E-state index contributed by atoms with van der Waals surface area (Å²) in [5.74, 6) is -0.352. The quantitative estimate of drug-likeness (QED) is 0.488. The van der Waals surface area contributed by atoms with Crippen molar-refractivity contribution in [1.82, 2.24) is 10.2 Å². The van der Waals surface area contributed by atoms with Crippen LogP contribution < -0.4 is 5.32 Å². The van der Waals surface area contributed by atoms with Gasteiger partial charge in [0.2, 0.25) is 0 Å². The van der Waals surface area contributed by atoms with Gasteiger partial charge in [0.15, 0.2) is 0 Å². The Morgan fingerprint density at radius 3 is 1.88 bits per heavy atom. The summed E-state index contributed by atoms with van der Waals surface area (Å²) in [4.78, 5) is 27.0. The molecule has 2 atom stereocenters. The van der Waals surface area contributed by atoms with E-state index >= 15 is 0 Å². The number of methoxy groups -OCH3 is 1. The second-order valence-corrected chi connectivity index (χ2v) is 9.86. The van der Waals surface area contributed by atoms with Crippen molar-refractivity contribution >= 4 is 35.3 Å². The molecule has 0 spiro atoms. The van der Waals surface area contributed by atoms with Crippen molar-refractivity contribution in [2.75, 3.05) is 20.7 Å². The summed E-state index contributed by atoms with van der Waals surface area (Å²) in [7, 11) is 3.21. The van der Waals surface area contributed by atoms with Gasteiger partial charge in [0, 0.05) is 22.6 Å². The first-order chi connectivity index (χ1) is 15.5. The van der Waals surface area contributed by atoms with E-state index in [1.54, 1.807) is 12.1 Å². The first-order valence-electron chi connectivity index (χ1n) is 10.7. The Hall–Kier alpha value is -2.28. The molecule has 33 heavy (non-hydrogen) atoms. The molecular formula is C25H32Cl2N2O4. The molecule has 0 saturated carbocycles. The average molecular weight is 495 g/mol. The van der Waals surface area contributed by atoms with Crippen LogP contribution in [-0.2, 0) is 27.1 Å². The summed E-state index contributed by atoms with van der Waals surface area (Å²) >= 11 is 12.0. The number of nitrogens with zero attached hydrogens (tertiary/aromatic N) is 1. The topological polar surface area (TPSA) is 67.9 Å². The van der Waals surface area contributed by atoms with Crippen LogP contribution in [0.25, 0.3) is 0 Å². The minimum atomic E-state index is -0.621. The molecule has 0 saturated heterocycles. The molecule has 2 rings (SSSR count). The lowest BCUT2D eigenvalue weighted by atomic mass is 10.0. The maximum absolute atomic E-state index is 12.6. The van der Waals surface area contributed by atoms with Gasteiger partial charge in [0.25, 0.3) is 0 Å². The van der Waals surface area contributed by atoms with Gasteiger partial charge >= 0.3 is 12.1 Å². The van der Waals surface area contributed by atoms with Crippen LogP contribution in [0.4, 0.5) is 4.79 Å². The Bertz CT molecular complexity index is 911. The van der Waals surface area contributed by atoms with E-state index in [1.165, 1.54) is 7.11 Å². The van der Waals surface area contributed by atoms with E-state index in [0.717, 1.165) is 11.1 Å². The molecule has 0 aliphatic rings. The molecule has 0 aliphatic heterocycles. The Balaban J connectivity index is 2.19. The van der Waals surface area contributed by atoms with Crippen molar-refractivity contribution in [3.8, 4) is 0 Å². The number of alkyl carbamates (subject to hydrolysis) is 1. The van der Waals surface area contributed by atoms with Gasteiger partial charge in [-0.05, 0) is 76.1 Å². The van der Waals surface area contributed by atoms with Crippen molar-refractivity contribution in [1.29, 1.82) is 0 Å². The van der Waals surface area contributed by atoms with E-state index in [-0.39, 0.29) is 12.0 Å². The van der Waals surface area contributed by atoms with Crippen LogP contribution in [0.15, 0.2) is 48.5 Å². The van der Waals surface area contributed by atoms with Crippen LogP contribution in [0.3, 0.4) is 0 Å². The average Bonchev–Trinajstić information content (AvgIpc) is 2.72. The highest BCUT2D eigenvalue weighted by Gasteiger charge is 2.28. The smallest absolute Gasteiger partial charge is 0.407 e. The normalized spacial score (nSPS) is 13.3. The summed E-state index contributed by atoms with van der Waals surface area (Å²) < 4.78 is 10.5. The van der Waals surface area contributed by atoms with Crippen molar-refractivity contribution in [2.45, 2.75) is 51.3 Å². The standard InChI is InChI=1S/C25H32Cl2N2O4/c1-25(2,3)33-24(31)28-21(14-17-6-10-19(26)11-7-17)16-29(4)22(23(30)32-5)15-18-8-12-20(27)13-9-18/h6-13,21-22H,14-16H2,1-5H3,(H,28,31)/t21?,22-/m0/s1. The summed E-state index contributed by atoms with van der Waals surface area (Å²) in [6, 6.07) is 13.9. The van der Waals surface area contributed by atoms with E-state index in [4.69, 9.17) is 32.7 Å². The molecule has 2 aromatic carbocycles. The Labute approximate surface area is 206 Å². The Morgan fingerprint density at radius 1 is 0.939 bits per heavy atom. The second-order valence-electron chi connectivity index (χ2n) is 8.98. The molecule has 6 nitrogen and oxygen atoms in total. The molecule has 0 fully saturated rings. The highest BCUT2D eigenvalue weighted by molar-refractivity contribution is 6.30. The summed E-state index contributed by atoms with van der Waals surface area (Å²) in [5.41, 5.74) is 1.33. The lowest BCUT2D eigenvalue weighted by molar-refractivity contribution is -0.146. The number of benzene rings is 2. The molecule has 8 heteroatoms. The predicted octanol–water partition coefficient (Wildman–Crippen LogP) is 5.15. The minimum Gasteiger partial charge on any atom is -0.468 e. The number of rotatable bonds is 9. The Kier molecular flexibility index (Phi) is 10.0. The fraction of sp³-hybridized carbons (Fsp3) is 0.440. The number of carbonyl (C=O) groups is 2. The zero-order valence-corrected chi connectivity index (χ0v) is 21.2. The van der Waals surface area contributed by atoms with E-state index in [2.05, 4.69) is 5.32 Å². The third kappa shape index (κ3) is 9.62. The number of likely N-dealkylation sites (N-methyl/N-ethyl adjacent to an activating group) is 1. The monoisotopic (exact) mass is 494 g/mol. The second kappa shape index (κ2) is 12.3. The zero-order chi connectivity index (χ0) is 24.6. The van der Waals surface area contributed by atoms with Crippen molar-refractivity contribution in [2.24, 2.45) is 0 Å². The fourth-order valence-electron chi connectivity index (χ4n) is 3.41. The highest BCUT2D eigenvalue weighted by Crippen LogP contribution is 2.16. The van der Waals surface area contributed by atoms with Gasteiger partial charge in [-0.1, -0.05) is 47.5 Å². The summed E-state index contributed by atoms with van der Waals surface area (Å²) in [6.07, 6.45) is 0.470. The lowest BCUT2D eigenvalue weighted by Gasteiger charge is -2.31. The van der Waals surface area contributed by atoms with Crippen LogP contribution in [0.1, 0.15) is 31.9 Å². The maximum Gasteiger partial charge on any atom is 0.407 e. The SMILES string of the molecule is COC(=O)[C@H](Cc1ccc(Cl)cc1)N(C)CC(Cc1ccc(Cl)cc1)NC(=O)OC(C)(C)C. The van der Waals surface area contributed by atoms with Gasteiger partial charge in [-0.15, -0.1) is 0 Å².